The molecule has 1 aliphatic rings. The van der Waals surface area contributed by atoms with Gasteiger partial charge in [0.2, 0.25) is 15.9 Å². The van der Waals surface area contributed by atoms with Crippen molar-refractivity contribution in [3.05, 3.63) is 0 Å². The fourth-order valence-corrected chi connectivity index (χ4v) is 2.81. The zero-order valence-corrected chi connectivity index (χ0v) is 13.6. The van der Waals surface area contributed by atoms with Crippen LogP contribution in [0.1, 0.15) is 13.3 Å². The molecule has 2 N–H and O–H groups in total. The lowest BCUT2D eigenvalue weighted by Gasteiger charge is -2.23. The summed E-state index contributed by atoms with van der Waals surface area (Å²) >= 11 is 0. The van der Waals surface area contributed by atoms with Gasteiger partial charge < -0.3 is 15.4 Å². The molecule has 0 bridgehead atoms. The van der Waals surface area contributed by atoms with Crippen LogP contribution in [0.25, 0.3) is 0 Å². The zero-order chi connectivity index (χ0) is 14.3. The summed E-state index contributed by atoms with van der Waals surface area (Å²) in [5.74, 6) is -0.0953. The second-order valence-corrected chi connectivity index (χ2v) is 6.46. The van der Waals surface area contributed by atoms with Crippen LogP contribution in [0.15, 0.2) is 0 Å². The van der Waals surface area contributed by atoms with E-state index >= 15 is 0 Å². The largest absolute Gasteiger partial charge is 0.378 e. The molecule has 1 heterocycles. The SMILES string of the molecule is CCN(CCCNC(=O)C1COCCN1)S(C)(=O)=O.Cl. The molecular formula is C11H24ClN3O4S. The van der Waals surface area contributed by atoms with E-state index in [0.717, 1.165) is 0 Å². The summed E-state index contributed by atoms with van der Waals surface area (Å²) in [7, 11) is -3.15. The molecule has 0 aromatic rings. The second-order valence-electron chi connectivity index (χ2n) is 4.48. The highest BCUT2D eigenvalue weighted by molar-refractivity contribution is 7.88. The fourth-order valence-electron chi connectivity index (χ4n) is 1.88. The van der Waals surface area contributed by atoms with Crippen molar-refractivity contribution in [3.63, 3.8) is 0 Å². The number of halogens is 1. The summed E-state index contributed by atoms with van der Waals surface area (Å²) in [6.45, 7) is 4.82. The van der Waals surface area contributed by atoms with Gasteiger partial charge in [0, 0.05) is 26.2 Å². The minimum absolute atomic E-state index is 0. The lowest BCUT2D eigenvalue weighted by atomic mass is 10.2. The number of carbonyl (C=O) groups is 1. The van der Waals surface area contributed by atoms with E-state index in [-0.39, 0.29) is 24.4 Å². The molecule has 1 rings (SSSR count). The number of ether oxygens (including phenoxy) is 1. The number of morpholine rings is 1. The van der Waals surface area contributed by atoms with Crippen LogP contribution in [0, 0.1) is 0 Å². The summed E-state index contributed by atoms with van der Waals surface area (Å²) in [5.41, 5.74) is 0. The highest BCUT2D eigenvalue weighted by Crippen LogP contribution is 1.98. The van der Waals surface area contributed by atoms with E-state index in [9.17, 15) is 13.2 Å². The number of nitrogens with one attached hydrogen (secondary N) is 2. The molecule has 1 unspecified atom stereocenters. The highest BCUT2D eigenvalue weighted by Gasteiger charge is 2.20. The molecule has 1 atom stereocenters. The summed E-state index contributed by atoms with van der Waals surface area (Å²) < 4.78 is 29.3. The van der Waals surface area contributed by atoms with Crippen LogP contribution in [-0.4, -0.2) is 70.3 Å². The number of nitrogens with zero attached hydrogens (tertiary/aromatic N) is 1. The van der Waals surface area contributed by atoms with Gasteiger partial charge in [-0.1, -0.05) is 6.92 Å². The van der Waals surface area contributed by atoms with Gasteiger partial charge in [-0.2, -0.15) is 0 Å². The van der Waals surface area contributed by atoms with Crippen LogP contribution in [0.5, 0.6) is 0 Å². The number of hydrogen-bond donors (Lipinski definition) is 2. The standard InChI is InChI=1S/C11H23N3O4S.ClH/c1-3-14(19(2,16)17)7-4-5-13-11(15)10-9-18-8-6-12-10;/h10,12H,3-9H2,1-2H3,(H,13,15);1H. The van der Waals surface area contributed by atoms with Gasteiger partial charge >= 0.3 is 0 Å². The van der Waals surface area contributed by atoms with E-state index in [1.807, 2.05) is 0 Å². The molecule has 20 heavy (non-hydrogen) atoms. The molecule has 1 fully saturated rings. The molecule has 0 aromatic heterocycles. The van der Waals surface area contributed by atoms with Crippen molar-refractivity contribution in [2.45, 2.75) is 19.4 Å². The molecule has 0 spiro atoms. The smallest absolute Gasteiger partial charge is 0.239 e. The van der Waals surface area contributed by atoms with Crippen LogP contribution in [0.2, 0.25) is 0 Å². The van der Waals surface area contributed by atoms with Crippen molar-refractivity contribution < 1.29 is 17.9 Å². The minimum Gasteiger partial charge on any atom is -0.378 e. The zero-order valence-electron chi connectivity index (χ0n) is 11.9. The van der Waals surface area contributed by atoms with Gasteiger partial charge in [0.05, 0.1) is 19.5 Å². The quantitative estimate of drug-likeness (QED) is 0.596. The van der Waals surface area contributed by atoms with Crippen molar-refractivity contribution >= 4 is 28.3 Å². The molecule has 1 aliphatic heterocycles. The molecule has 7 nitrogen and oxygen atoms in total. The van der Waals surface area contributed by atoms with Crippen molar-refractivity contribution in [1.82, 2.24) is 14.9 Å². The normalized spacial score (nSPS) is 19.4. The fraction of sp³-hybridized carbons (Fsp3) is 0.909. The average molecular weight is 330 g/mol. The number of carbonyl (C=O) groups excluding carboxylic acids is 1. The predicted molar refractivity (Wildman–Crippen MR) is 79.6 cm³/mol. The van der Waals surface area contributed by atoms with E-state index in [2.05, 4.69) is 10.6 Å². The summed E-state index contributed by atoms with van der Waals surface area (Å²) in [4.78, 5) is 11.7. The van der Waals surface area contributed by atoms with Gasteiger partial charge in [0.25, 0.3) is 0 Å². The van der Waals surface area contributed by atoms with E-state index in [4.69, 9.17) is 4.74 Å². The topological polar surface area (TPSA) is 87.7 Å². The Morgan fingerprint density at radius 2 is 2.20 bits per heavy atom. The summed E-state index contributed by atoms with van der Waals surface area (Å²) in [5, 5.41) is 5.84. The molecule has 0 radical (unpaired) electrons. The first-order chi connectivity index (χ1) is 8.95. The molecule has 1 saturated heterocycles. The first-order valence-corrected chi connectivity index (χ1v) is 8.34. The first kappa shape index (κ1) is 19.6. The maximum Gasteiger partial charge on any atom is 0.239 e. The van der Waals surface area contributed by atoms with Gasteiger partial charge in [0.15, 0.2) is 0 Å². The lowest BCUT2D eigenvalue weighted by Crippen LogP contribution is -2.51. The van der Waals surface area contributed by atoms with Crippen molar-refractivity contribution in [3.8, 4) is 0 Å². The average Bonchev–Trinajstić information content (AvgIpc) is 2.38. The molecule has 0 aliphatic carbocycles. The predicted octanol–water partition coefficient (Wildman–Crippen LogP) is -0.816. The first-order valence-electron chi connectivity index (χ1n) is 6.49. The summed E-state index contributed by atoms with van der Waals surface area (Å²) in [6, 6.07) is -0.300. The maximum atomic E-state index is 11.7. The van der Waals surface area contributed by atoms with Crippen molar-refractivity contribution in [2.24, 2.45) is 0 Å². The second kappa shape index (κ2) is 9.51. The molecule has 120 valence electrons. The van der Waals surface area contributed by atoms with Gasteiger partial charge in [-0.25, -0.2) is 12.7 Å². The van der Waals surface area contributed by atoms with Crippen LogP contribution < -0.4 is 10.6 Å². The van der Waals surface area contributed by atoms with Gasteiger partial charge in [-0.05, 0) is 6.42 Å². The molecule has 0 aromatic carbocycles. The van der Waals surface area contributed by atoms with Crippen LogP contribution in [-0.2, 0) is 19.6 Å². The Kier molecular flexibility index (Phi) is 9.32. The van der Waals surface area contributed by atoms with Crippen molar-refractivity contribution in [2.75, 3.05) is 45.6 Å². The number of hydrogen-bond acceptors (Lipinski definition) is 5. The Balaban J connectivity index is 0.00000361. The summed E-state index contributed by atoms with van der Waals surface area (Å²) in [6.07, 6.45) is 1.79. The van der Waals surface area contributed by atoms with Crippen LogP contribution in [0.4, 0.5) is 0 Å². The van der Waals surface area contributed by atoms with Gasteiger partial charge in [-0.3, -0.25) is 4.79 Å². The third-order valence-electron chi connectivity index (χ3n) is 2.94. The maximum absolute atomic E-state index is 11.7. The van der Waals surface area contributed by atoms with E-state index < -0.39 is 10.0 Å². The van der Waals surface area contributed by atoms with Crippen LogP contribution >= 0.6 is 12.4 Å². The van der Waals surface area contributed by atoms with E-state index in [0.29, 0.717) is 45.8 Å². The number of sulfonamides is 1. The molecule has 0 saturated carbocycles. The number of rotatable bonds is 7. The third kappa shape index (κ3) is 6.85. The minimum atomic E-state index is -3.15. The number of amides is 1. The third-order valence-corrected chi connectivity index (χ3v) is 4.32. The Bertz CT molecular complexity index is 385. The molecular weight excluding hydrogens is 306 g/mol. The monoisotopic (exact) mass is 329 g/mol. The Labute approximate surface area is 126 Å². The van der Waals surface area contributed by atoms with Crippen LogP contribution in [0.3, 0.4) is 0 Å². The van der Waals surface area contributed by atoms with Gasteiger partial charge in [-0.15, -0.1) is 12.4 Å². The van der Waals surface area contributed by atoms with E-state index in [1.54, 1.807) is 6.92 Å². The Morgan fingerprint density at radius 3 is 2.70 bits per heavy atom. The Morgan fingerprint density at radius 1 is 1.50 bits per heavy atom. The lowest BCUT2D eigenvalue weighted by molar-refractivity contribution is -0.125. The Hall–Kier alpha value is -0.410. The molecule has 9 heteroatoms. The van der Waals surface area contributed by atoms with Crippen molar-refractivity contribution in [1.29, 1.82) is 0 Å². The molecule has 1 amide bonds. The highest BCUT2D eigenvalue weighted by atomic mass is 35.5. The van der Waals surface area contributed by atoms with E-state index in [1.165, 1.54) is 10.6 Å². The van der Waals surface area contributed by atoms with Gasteiger partial charge in [0.1, 0.15) is 6.04 Å².